The molecule has 0 aliphatic heterocycles. The average Bonchev–Trinajstić information content (AvgIpc) is 3.32. The number of nitrogens with two attached hydrogens (primary N) is 1. The predicted molar refractivity (Wildman–Crippen MR) is 111 cm³/mol. The van der Waals surface area contributed by atoms with Gasteiger partial charge >= 0.3 is 0 Å². The Morgan fingerprint density at radius 2 is 2.11 bits per heavy atom. The molecule has 0 spiro atoms. The predicted octanol–water partition coefficient (Wildman–Crippen LogP) is 3.68. The van der Waals surface area contributed by atoms with E-state index in [4.69, 9.17) is 17.3 Å². The van der Waals surface area contributed by atoms with Crippen molar-refractivity contribution in [3.8, 4) is 0 Å². The number of nitrogens with one attached hydrogen (secondary N) is 2. The molecule has 2 unspecified atom stereocenters. The Balaban J connectivity index is 1.67. The lowest BCUT2D eigenvalue weighted by atomic mass is 9.75. The zero-order chi connectivity index (χ0) is 19.9. The minimum atomic E-state index is -3.72. The highest BCUT2D eigenvalue weighted by Crippen LogP contribution is 2.32. The molecule has 0 amide bonds. The first-order valence-corrected chi connectivity index (χ1v) is 11.7. The van der Waals surface area contributed by atoms with Crippen LogP contribution < -0.4 is 10.5 Å². The van der Waals surface area contributed by atoms with E-state index in [0.717, 1.165) is 35.1 Å². The van der Waals surface area contributed by atoms with Crippen LogP contribution in [0.25, 0.3) is 10.9 Å². The van der Waals surface area contributed by atoms with Gasteiger partial charge in [-0.1, -0.05) is 30.5 Å². The van der Waals surface area contributed by atoms with Gasteiger partial charge in [0.05, 0.1) is 11.2 Å². The first-order chi connectivity index (χ1) is 13.3. The zero-order valence-electron chi connectivity index (χ0n) is 14.9. The molecule has 1 fully saturated rings. The van der Waals surface area contributed by atoms with Gasteiger partial charge in [0.15, 0.2) is 5.78 Å². The number of fused-ring (bicyclic) bond motifs is 1. The van der Waals surface area contributed by atoms with Crippen LogP contribution in [0.15, 0.2) is 46.0 Å². The van der Waals surface area contributed by atoms with Crippen molar-refractivity contribution in [2.24, 2.45) is 5.73 Å². The lowest BCUT2D eigenvalue weighted by molar-refractivity contribution is 0.0809. The molecule has 1 aliphatic rings. The first-order valence-electron chi connectivity index (χ1n) is 8.97. The Labute approximate surface area is 172 Å². The molecular formula is C19H20ClN3O3S2. The molecule has 2 atom stereocenters. The minimum Gasteiger partial charge on any atom is -0.352 e. The van der Waals surface area contributed by atoms with E-state index in [1.807, 2.05) is 0 Å². The quantitative estimate of drug-likeness (QED) is 0.529. The third-order valence-electron chi connectivity index (χ3n) is 5.26. The molecule has 4 N–H and O–H groups in total. The molecule has 2 heterocycles. The van der Waals surface area contributed by atoms with Crippen LogP contribution in [0.5, 0.6) is 0 Å². The van der Waals surface area contributed by atoms with Gasteiger partial charge in [0.2, 0.25) is 10.0 Å². The summed E-state index contributed by atoms with van der Waals surface area (Å²) in [5.74, 6) is -0.293. The van der Waals surface area contributed by atoms with Gasteiger partial charge in [-0.15, -0.1) is 11.3 Å². The summed E-state index contributed by atoms with van der Waals surface area (Å²) in [6, 6.07) is 9.58. The lowest BCUT2D eigenvalue weighted by Gasteiger charge is -2.39. The number of carbonyl (C=O) groups excluding carboxylic acids is 1. The van der Waals surface area contributed by atoms with Crippen molar-refractivity contribution in [1.29, 1.82) is 0 Å². The number of benzene rings is 1. The number of thiophene rings is 1. The van der Waals surface area contributed by atoms with Gasteiger partial charge in [0.1, 0.15) is 4.21 Å². The fourth-order valence-corrected chi connectivity index (χ4v) is 6.30. The molecule has 28 heavy (non-hydrogen) atoms. The maximum absolute atomic E-state index is 13.3. The normalized spacial score (nSPS) is 23.1. The van der Waals surface area contributed by atoms with Crippen molar-refractivity contribution in [3.63, 3.8) is 0 Å². The number of aromatic nitrogens is 1. The van der Waals surface area contributed by atoms with Crippen molar-refractivity contribution in [3.05, 3.63) is 52.5 Å². The second-order valence-corrected chi connectivity index (χ2v) is 10.5. The zero-order valence-corrected chi connectivity index (χ0v) is 17.3. The summed E-state index contributed by atoms with van der Waals surface area (Å²) in [6.45, 7) is 0. The molecular weight excluding hydrogens is 418 g/mol. The molecule has 1 aromatic carbocycles. The van der Waals surface area contributed by atoms with E-state index in [0.29, 0.717) is 23.6 Å². The van der Waals surface area contributed by atoms with Crippen LogP contribution in [0.3, 0.4) is 0 Å². The van der Waals surface area contributed by atoms with Gasteiger partial charge < -0.3 is 10.7 Å². The SMILES string of the molecule is NC1(C(=O)c2cc3cc(Cl)ccc3[nH]2)CCCCC1NS(=O)(=O)c1cccs1. The molecule has 9 heteroatoms. The number of halogens is 1. The van der Waals surface area contributed by atoms with E-state index in [-0.39, 0.29) is 9.99 Å². The monoisotopic (exact) mass is 437 g/mol. The van der Waals surface area contributed by atoms with E-state index in [9.17, 15) is 13.2 Å². The molecule has 1 aliphatic carbocycles. The van der Waals surface area contributed by atoms with Gasteiger partial charge in [0, 0.05) is 22.0 Å². The second-order valence-electron chi connectivity index (χ2n) is 7.14. The Bertz CT molecular complexity index is 1120. The van der Waals surface area contributed by atoms with E-state index in [1.54, 1.807) is 35.7 Å². The number of H-pyrrole nitrogens is 1. The highest BCUT2D eigenvalue weighted by Gasteiger charge is 2.46. The summed E-state index contributed by atoms with van der Waals surface area (Å²) < 4.78 is 28.3. The van der Waals surface area contributed by atoms with Gasteiger partial charge in [-0.25, -0.2) is 13.1 Å². The van der Waals surface area contributed by atoms with Gasteiger partial charge in [-0.2, -0.15) is 0 Å². The maximum atomic E-state index is 13.3. The highest BCUT2D eigenvalue weighted by atomic mass is 35.5. The van der Waals surface area contributed by atoms with Crippen LogP contribution in [0.1, 0.15) is 36.2 Å². The third kappa shape index (κ3) is 3.51. The Morgan fingerprint density at radius 3 is 2.86 bits per heavy atom. The van der Waals surface area contributed by atoms with Crippen LogP contribution in [0.2, 0.25) is 5.02 Å². The third-order valence-corrected chi connectivity index (χ3v) is 8.37. The van der Waals surface area contributed by atoms with Crippen molar-refractivity contribution in [2.75, 3.05) is 0 Å². The van der Waals surface area contributed by atoms with Gasteiger partial charge in [-0.3, -0.25) is 4.79 Å². The van der Waals surface area contributed by atoms with Crippen LogP contribution in [0.4, 0.5) is 0 Å². The smallest absolute Gasteiger partial charge is 0.250 e. The molecule has 148 valence electrons. The summed E-state index contributed by atoms with van der Waals surface area (Å²) >= 11 is 7.16. The van der Waals surface area contributed by atoms with Crippen molar-refractivity contribution < 1.29 is 13.2 Å². The van der Waals surface area contributed by atoms with E-state index < -0.39 is 21.6 Å². The summed E-state index contributed by atoms with van der Waals surface area (Å²) in [5.41, 5.74) is 6.40. The van der Waals surface area contributed by atoms with E-state index in [1.165, 1.54) is 6.07 Å². The van der Waals surface area contributed by atoms with E-state index in [2.05, 4.69) is 9.71 Å². The van der Waals surface area contributed by atoms with Crippen LogP contribution in [-0.2, 0) is 10.0 Å². The van der Waals surface area contributed by atoms with Crippen LogP contribution in [-0.4, -0.2) is 30.8 Å². The summed E-state index contributed by atoms with van der Waals surface area (Å²) in [6.07, 6.45) is 2.51. The molecule has 0 bridgehead atoms. The Hall–Kier alpha value is -1.71. The number of carbonyl (C=O) groups is 1. The molecule has 6 nitrogen and oxygen atoms in total. The molecule has 0 saturated heterocycles. The average molecular weight is 438 g/mol. The Morgan fingerprint density at radius 1 is 1.29 bits per heavy atom. The number of hydrogen-bond acceptors (Lipinski definition) is 5. The fraction of sp³-hybridized carbons (Fsp3) is 0.316. The topological polar surface area (TPSA) is 105 Å². The number of Topliss-reactive ketones (excluding diaryl/α,β-unsaturated/α-hetero) is 1. The number of sulfonamides is 1. The Kier molecular flexibility index (Phi) is 5.09. The molecule has 1 saturated carbocycles. The maximum Gasteiger partial charge on any atom is 0.250 e. The molecule has 4 rings (SSSR count). The summed E-state index contributed by atoms with van der Waals surface area (Å²) in [4.78, 5) is 16.4. The summed E-state index contributed by atoms with van der Waals surface area (Å²) in [7, 11) is -3.72. The summed E-state index contributed by atoms with van der Waals surface area (Å²) in [5, 5.41) is 3.09. The number of hydrogen-bond donors (Lipinski definition) is 3. The van der Waals surface area contributed by atoms with Gasteiger partial charge in [0.25, 0.3) is 0 Å². The number of rotatable bonds is 5. The largest absolute Gasteiger partial charge is 0.352 e. The van der Waals surface area contributed by atoms with Crippen molar-refractivity contribution in [1.82, 2.24) is 9.71 Å². The number of aromatic amines is 1. The fourth-order valence-electron chi connectivity index (χ4n) is 3.77. The minimum absolute atomic E-state index is 0.216. The number of ketones is 1. The van der Waals surface area contributed by atoms with Crippen LogP contribution >= 0.6 is 22.9 Å². The molecule has 2 aromatic heterocycles. The van der Waals surface area contributed by atoms with Crippen LogP contribution in [0, 0.1) is 0 Å². The van der Waals surface area contributed by atoms with E-state index >= 15 is 0 Å². The molecule has 3 aromatic rings. The molecule has 0 radical (unpaired) electrons. The lowest BCUT2D eigenvalue weighted by Crippen LogP contribution is -2.64. The second kappa shape index (κ2) is 7.27. The highest BCUT2D eigenvalue weighted by molar-refractivity contribution is 7.91. The van der Waals surface area contributed by atoms with Gasteiger partial charge in [-0.05, 0) is 48.6 Å². The van der Waals surface area contributed by atoms with Crippen molar-refractivity contribution >= 4 is 49.6 Å². The van der Waals surface area contributed by atoms with Crippen molar-refractivity contribution in [2.45, 2.75) is 41.5 Å². The first kappa shape index (κ1) is 19.6. The standard InChI is InChI=1S/C19H20ClN3O3S2/c20-13-6-7-14-12(10-13)11-15(22-14)18(24)19(21)8-2-1-4-16(19)23-28(25,26)17-5-3-9-27-17/h3,5-7,9-11,16,22-23H,1-2,4,8,21H2.